The summed E-state index contributed by atoms with van der Waals surface area (Å²) in [5.74, 6) is 0.389. The number of anilines is 2. The number of aromatic nitrogens is 6. The van der Waals surface area contributed by atoms with E-state index in [1.807, 2.05) is 6.20 Å². The SMILES string of the molecule is COc1cc2nc(N)n3nc([C@H]4CC[C@@H](C)N(c5cnn(C[C@@](C)(O)CO)c5)C4)nc3c2cc1F. The molecule has 1 aliphatic rings. The smallest absolute Gasteiger partial charge is 0.223 e. The molecule has 4 heterocycles. The Hall–Kier alpha value is -3.51. The number of nitrogens with two attached hydrogens (primary N) is 1. The standard InChI is InChI=1S/C23H29FN8O3/c1-13-4-5-14(9-31(13)15-8-26-30(10-15)11-23(2,34)12-33)20-28-21-16-6-17(24)19(35-3)7-18(16)27-22(25)32(21)29-20/h6-8,10,13-14,33-34H,4-5,9,11-12H2,1-3H3,(H2,25,27)/t13-,14+,23-/m1/s1. The monoisotopic (exact) mass is 484 g/mol. The molecule has 0 unspecified atom stereocenters. The number of halogens is 1. The van der Waals surface area contributed by atoms with E-state index in [0.717, 1.165) is 18.5 Å². The Morgan fingerprint density at radius 3 is 2.83 bits per heavy atom. The fourth-order valence-electron chi connectivity index (χ4n) is 4.64. The van der Waals surface area contributed by atoms with E-state index < -0.39 is 11.4 Å². The molecule has 3 atom stereocenters. The molecule has 0 amide bonds. The maximum atomic E-state index is 14.4. The largest absolute Gasteiger partial charge is 0.494 e. The van der Waals surface area contributed by atoms with Gasteiger partial charge >= 0.3 is 0 Å². The second-order valence-electron chi connectivity index (χ2n) is 9.51. The van der Waals surface area contributed by atoms with Gasteiger partial charge in [-0.3, -0.25) is 4.68 Å². The van der Waals surface area contributed by atoms with Crippen LogP contribution in [0.1, 0.15) is 38.4 Å². The van der Waals surface area contributed by atoms with Crippen molar-refractivity contribution in [3.8, 4) is 5.75 Å². The molecular weight excluding hydrogens is 455 g/mol. The molecule has 1 saturated heterocycles. The summed E-state index contributed by atoms with van der Waals surface area (Å²) in [6.07, 6.45) is 5.43. The molecular formula is C23H29FN8O3. The Balaban J connectivity index is 1.46. The first-order valence-corrected chi connectivity index (χ1v) is 11.5. The van der Waals surface area contributed by atoms with Crippen LogP contribution in [0.5, 0.6) is 5.75 Å². The van der Waals surface area contributed by atoms with Crippen molar-refractivity contribution < 1.29 is 19.3 Å². The molecule has 0 aliphatic carbocycles. The molecule has 186 valence electrons. The quantitative estimate of drug-likeness (QED) is 0.373. The van der Waals surface area contributed by atoms with Gasteiger partial charge in [0, 0.05) is 36.2 Å². The number of rotatable bonds is 6. The van der Waals surface area contributed by atoms with Gasteiger partial charge in [-0.1, -0.05) is 0 Å². The maximum absolute atomic E-state index is 14.4. The molecule has 1 aromatic carbocycles. The number of methoxy groups -OCH3 is 1. The Morgan fingerprint density at radius 1 is 1.29 bits per heavy atom. The Bertz CT molecular complexity index is 1380. The summed E-state index contributed by atoms with van der Waals surface area (Å²) in [4.78, 5) is 11.4. The molecule has 11 nitrogen and oxygen atoms in total. The minimum Gasteiger partial charge on any atom is -0.494 e. The van der Waals surface area contributed by atoms with E-state index in [1.54, 1.807) is 17.8 Å². The van der Waals surface area contributed by atoms with E-state index in [4.69, 9.17) is 15.5 Å². The number of benzene rings is 1. The lowest BCUT2D eigenvalue weighted by Gasteiger charge is -2.37. The Labute approximate surface area is 200 Å². The lowest BCUT2D eigenvalue weighted by Crippen LogP contribution is -2.41. The topological polar surface area (TPSA) is 140 Å². The fourth-order valence-corrected chi connectivity index (χ4v) is 4.64. The van der Waals surface area contributed by atoms with Crippen LogP contribution in [-0.2, 0) is 6.54 Å². The molecule has 4 N–H and O–H groups in total. The van der Waals surface area contributed by atoms with Crippen molar-refractivity contribution in [1.29, 1.82) is 0 Å². The van der Waals surface area contributed by atoms with E-state index >= 15 is 0 Å². The minimum atomic E-state index is -1.25. The Kier molecular flexibility index (Phi) is 5.72. The third kappa shape index (κ3) is 4.23. The summed E-state index contributed by atoms with van der Waals surface area (Å²) in [5.41, 5.74) is 6.76. The summed E-state index contributed by atoms with van der Waals surface area (Å²) in [7, 11) is 1.40. The minimum absolute atomic E-state index is 0.0209. The van der Waals surface area contributed by atoms with Gasteiger partial charge in [0.2, 0.25) is 5.95 Å². The number of piperidine rings is 1. The molecule has 35 heavy (non-hydrogen) atoms. The third-order valence-corrected chi connectivity index (χ3v) is 6.63. The lowest BCUT2D eigenvalue weighted by molar-refractivity contribution is -0.0145. The average Bonchev–Trinajstić information content (AvgIpc) is 3.47. The maximum Gasteiger partial charge on any atom is 0.223 e. The summed E-state index contributed by atoms with van der Waals surface area (Å²) in [6.45, 7) is 4.21. The third-order valence-electron chi connectivity index (χ3n) is 6.63. The highest BCUT2D eigenvalue weighted by atomic mass is 19.1. The van der Waals surface area contributed by atoms with Crippen LogP contribution in [0.2, 0.25) is 0 Å². The van der Waals surface area contributed by atoms with Crippen molar-refractivity contribution in [3.63, 3.8) is 0 Å². The van der Waals surface area contributed by atoms with E-state index in [1.165, 1.54) is 23.8 Å². The van der Waals surface area contributed by atoms with E-state index in [9.17, 15) is 14.6 Å². The van der Waals surface area contributed by atoms with Crippen molar-refractivity contribution >= 4 is 28.2 Å². The van der Waals surface area contributed by atoms with Crippen LogP contribution < -0.4 is 15.4 Å². The van der Waals surface area contributed by atoms with Gasteiger partial charge in [0.1, 0.15) is 5.60 Å². The van der Waals surface area contributed by atoms with Crippen LogP contribution in [0.25, 0.3) is 16.6 Å². The molecule has 0 bridgehead atoms. The highest BCUT2D eigenvalue weighted by molar-refractivity contribution is 5.93. The molecule has 0 saturated carbocycles. The highest BCUT2D eigenvalue weighted by Gasteiger charge is 2.31. The van der Waals surface area contributed by atoms with Gasteiger partial charge in [-0.25, -0.2) is 14.4 Å². The van der Waals surface area contributed by atoms with Gasteiger partial charge in [0.15, 0.2) is 23.0 Å². The molecule has 4 aromatic rings. The predicted octanol–water partition coefficient (Wildman–Crippen LogP) is 1.72. The van der Waals surface area contributed by atoms with E-state index in [0.29, 0.717) is 28.9 Å². The normalized spacial score (nSPS) is 20.5. The number of hydrogen-bond donors (Lipinski definition) is 3. The molecule has 12 heteroatoms. The first kappa shape index (κ1) is 23.2. The summed E-state index contributed by atoms with van der Waals surface area (Å²) < 4.78 is 22.6. The summed E-state index contributed by atoms with van der Waals surface area (Å²) >= 11 is 0. The van der Waals surface area contributed by atoms with Gasteiger partial charge in [0.25, 0.3) is 0 Å². The van der Waals surface area contributed by atoms with Crippen LogP contribution in [0, 0.1) is 5.82 Å². The van der Waals surface area contributed by atoms with Crippen LogP contribution >= 0.6 is 0 Å². The summed E-state index contributed by atoms with van der Waals surface area (Å²) in [6, 6.07) is 3.12. The zero-order chi connectivity index (χ0) is 24.9. The van der Waals surface area contributed by atoms with Gasteiger partial charge in [0.05, 0.1) is 37.7 Å². The van der Waals surface area contributed by atoms with Gasteiger partial charge in [-0.15, -0.1) is 5.10 Å². The van der Waals surface area contributed by atoms with Crippen molar-refractivity contribution in [2.45, 2.75) is 50.8 Å². The van der Waals surface area contributed by atoms with Crippen LogP contribution in [0.3, 0.4) is 0 Å². The van der Waals surface area contributed by atoms with Crippen molar-refractivity contribution in [2.24, 2.45) is 0 Å². The zero-order valence-corrected chi connectivity index (χ0v) is 19.9. The summed E-state index contributed by atoms with van der Waals surface area (Å²) in [5, 5.41) is 29.0. The van der Waals surface area contributed by atoms with Gasteiger partial charge < -0.3 is 25.6 Å². The van der Waals surface area contributed by atoms with Gasteiger partial charge in [-0.2, -0.15) is 9.61 Å². The number of aliphatic hydroxyl groups excluding tert-OH is 1. The predicted molar refractivity (Wildman–Crippen MR) is 128 cm³/mol. The Morgan fingerprint density at radius 2 is 2.09 bits per heavy atom. The molecule has 1 fully saturated rings. The second-order valence-corrected chi connectivity index (χ2v) is 9.51. The number of nitrogen functional groups attached to an aromatic ring is 1. The van der Waals surface area contributed by atoms with E-state index in [-0.39, 0.29) is 36.8 Å². The van der Waals surface area contributed by atoms with Crippen LogP contribution in [0.15, 0.2) is 24.5 Å². The first-order valence-electron chi connectivity index (χ1n) is 11.5. The van der Waals surface area contributed by atoms with E-state index in [2.05, 4.69) is 27.0 Å². The molecule has 3 aromatic heterocycles. The van der Waals surface area contributed by atoms with Crippen LogP contribution in [0.4, 0.5) is 16.0 Å². The molecule has 1 aliphatic heterocycles. The average molecular weight is 485 g/mol. The van der Waals surface area contributed by atoms with Crippen molar-refractivity contribution in [2.75, 3.05) is 30.9 Å². The van der Waals surface area contributed by atoms with Crippen molar-refractivity contribution in [3.05, 3.63) is 36.2 Å². The van der Waals surface area contributed by atoms with Crippen molar-refractivity contribution in [1.82, 2.24) is 29.4 Å². The second kappa shape index (κ2) is 8.61. The highest BCUT2D eigenvalue weighted by Crippen LogP contribution is 2.34. The zero-order valence-electron chi connectivity index (χ0n) is 19.9. The number of hydrogen-bond acceptors (Lipinski definition) is 9. The number of nitrogens with zero attached hydrogens (tertiary/aromatic N) is 7. The number of aliphatic hydroxyl groups is 2. The van der Waals surface area contributed by atoms with Gasteiger partial charge in [-0.05, 0) is 32.8 Å². The molecule has 0 spiro atoms. The number of fused-ring (bicyclic) bond motifs is 3. The fraction of sp³-hybridized carbons (Fsp3) is 0.478. The molecule has 5 rings (SSSR count). The molecule has 0 radical (unpaired) electrons. The number of ether oxygens (including phenoxy) is 1. The lowest BCUT2D eigenvalue weighted by atomic mass is 9.92. The van der Waals surface area contributed by atoms with Crippen LogP contribution in [-0.4, -0.2) is 71.5 Å². The first-order chi connectivity index (χ1) is 16.7.